The van der Waals surface area contributed by atoms with Crippen LogP contribution < -0.4 is 16.4 Å². The van der Waals surface area contributed by atoms with Crippen LogP contribution in [0.2, 0.25) is 0 Å². The Bertz CT molecular complexity index is 816. The maximum atomic E-state index is 5.86. The molecule has 0 saturated carbocycles. The van der Waals surface area contributed by atoms with Gasteiger partial charge in [-0.05, 0) is 36.4 Å². The topological polar surface area (TPSA) is 94.0 Å². The number of hydrogen-bond donors (Lipinski definition) is 2. The molecule has 22 heavy (non-hydrogen) atoms. The lowest BCUT2D eigenvalue weighted by atomic mass is 10.3. The van der Waals surface area contributed by atoms with Crippen LogP contribution in [-0.4, -0.2) is 29.0 Å². The molecule has 7 heteroatoms. The van der Waals surface area contributed by atoms with E-state index in [-0.39, 0.29) is 5.95 Å². The number of benzene rings is 1. The number of nitrogens with zero attached hydrogens (tertiary/aromatic N) is 4. The number of pyridine rings is 1. The van der Waals surface area contributed by atoms with Crippen molar-refractivity contribution in [2.75, 3.05) is 30.5 Å². The van der Waals surface area contributed by atoms with Gasteiger partial charge in [0.15, 0.2) is 5.82 Å². The van der Waals surface area contributed by atoms with Crippen LogP contribution in [0.5, 0.6) is 0 Å². The van der Waals surface area contributed by atoms with Gasteiger partial charge in [0.1, 0.15) is 10.5 Å². The quantitative estimate of drug-likeness (QED) is 0.767. The van der Waals surface area contributed by atoms with Crippen molar-refractivity contribution >= 4 is 40.2 Å². The summed E-state index contributed by atoms with van der Waals surface area (Å²) in [6.07, 6.45) is 0. The molecule has 2 heterocycles. The first-order valence-electron chi connectivity index (χ1n) is 6.68. The second kappa shape index (κ2) is 5.69. The van der Waals surface area contributed by atoms with Gasteiger partial charge in [-0.3, -0.25) is 0 Å². The molecule has 0 amide bonds. The molecule has 0 atom stereocenters. The molecule has 3 rings (SSSR count). The highest BCUT2D eigenvalue weighted by atomic mass is 32.2. The van der Waals surface area contributed by atoms with Crippen molar-refractivity contribution in [3.63, 3.8) is 0 Å². The van der Waals surface area contributed by atoms with Gasteiger partial charge in [0.05, 0.1) is 5.52 Å². The van der Waals surface area contributed by atoms with Crippen molar-refractivity contribution in [2.45, 2.75) is 9.92 Å². The average molecular weight is 312 g/mol. The van der Waals surface area contributed by atoms with Crippen LogP contribution in [0.4, 0.5) is 17.5 Å². The lowest BCUT2D eigenvalue weighted by molar-refractivity contribution is 1.12. The van der Waals surface area contributed by atoms with Crippen LogP contribution >= 0.6 is 11.8 Å². The molecule has 6 nitrogen and oxygen atoms in total. The molecular weight excluding hydrogens is 296 g/mol. The van der Waals surface area contributed by atoms with Crippen LogP contribution in [0, 0.1) is 0 Å². The standard InChI is InChI=1S/C15H16N6S/c1-21(2)9-3-5-10(6-4-9)22-12-8-7-11-13(19-12)14(16)20-15(17)18-11/h3-8H,1-2H3,(H4,16,17,18,20). The van der Waals surface area contributed by atoms with Crippen molar-refractivity contribution < 1.29 is 0 Å². The fraction of sp³-hybridized carbons (Fsp3) is 0.133. The van der Waals surface area contributed by atoms with Gasteiger partial charge >= 0.3 is 0 Å². The van der Waals surface area contributed by atoms with E-state index < -0.39 is 0 Å². The van der Waals surface area contributed by atoms with E-state index in [4.69, 9.17) is 11.5 Å². The molecule has 0 aliphatic carbocycles. The van der Waals surface area contributed by atoms with E-state index in [1.54, 1.807) is 11.8 Å². The summed E-state index contributed by atoms with van der Waals surface area (Å²) in [5, 5.41) is 0.838. The van der Waals surface area contributed by atoms with Gasteiger partial charge in [-0.1, -0.05) is 11.8 Å². The maximum Gasteiger partial charge on any atom is 0.222 e. The summed E-state index contributed by atoms with van der Waals surface area (Å²) < 4.78 is 0. The van der Waals surface area contributed by atoms with E-state index in [0.29, 0.717) is 16.9 Å². The highest BCUT2D eigenvalue weighted by Gasteiger charge is 2.07. The third-order valence-corrected chi connectivity index (χ3v) is 4.08. The first kappa shape index (κ1) is 14.4. The third-order valence-electron chi connectivity index (χ3n) is 3.14. The second-order valence-electron chi connectivity index (χ2n) is 4.97. The Balaban J connectivity index is 1.90. The summed E-state index contributed by atoms with van der Waals surface area (Å²) in [4.78, 5) is 15.8. The summed E-state index contributed by atoms with van der Waals surface area (Å²) in [6, 6.07) is 12.0. The van der Waals surface area contributed by atoms with Gasteiger partial charge in [-0.2, -0.15) is 4.98 Å². The summed E-state index contributed by atoms with van der Waals surface area (Å²) >= 11 is 1.56. The highest BCUT2D eigenvalue weighted by molar-refractivity contribution is 7.99. The molecule has 2 aromatic heterocycles. The van der Waals surface area contributed by atoms with Gasteiger partial charge in [-0.25, -0.2) is 9.97 Å². The Labute approximate surface area is 132 Å². The van der Waals surface area contributed by atoms with Crippen LogP contribution in [0.3, 0.4) is 0 Å². The van der Waals surface area contributed by atoms with Crippen molar-refractivity contribution in [3.8, 4) is 0 Å². The van der Waals surface area contributed by atoms with Crippen molar-refractivity contribution in [3.05, 3.63) is 36.4 Å². The lowest BCUT2D eigenvalue weighted by Gasteiger charge is -2.12. The smallest absolute Gasteiger partial charge is 0.222 e. The number of rotatable bonds is 3. The summed E-state index contributed by atoms with van der Waals surface area (Å²) in [6.45, 7) is 0. The molecule has 4 N–H and O–H groups in total. The molecule has 112 valence electrons. The molecule has 3 aromatic rings. The first-order chi connectivity index (χ1) is 10.5. The molecule has 0 spiro atoms. The van der Waals surface area contributed by atoms with E-state index in [9.17, 15) is 0 Å². The van der Waals surface area contributed by atoms with Gasteiger partial charge in [0, 0.05) is 24.7 Å². The van der Waals surface area contributed by atoms with Gasteiger partial charge < -0.3 is 16.4 Å². The molecular formula is C15H16N6S. The molecule has 0 aliphatic heterocycles. The molecule has 0 radical (unpaired) electrons. The van der Waals surface area contributed by atoms with Crippen molar-refractivity contribution in [1.82, 2.24) is 15.0 Å². The lowest BCUT2D eigenvalue weighted by Crippen LogP contribution is -2.07. The summed E-state index contributed by atoms with van der Waals surface area (Å²) in [7, 11) is 4.03. The number of nitrogen functional groups attached to an aromatic ring is 2. The second-order valence-corrected chi connectivity index (χ2v) is 6.07. The molecule has 0 unspecified atom stereocenters. The number of fused-ring (bicyclic) bond motifs is 1. The summed E-state index contributed by atoms with van der Waals surface area (Å²) in [5.41, 5.74) is 13.8. The van der Waals surface area contributed by atoms with Gasteiger partial charge in [0.25, 0.3) is 0 Å². The third kappa shape index (κ3) is 2.89. The number of aromatic nitrogens is 3. The largest absolute Gasteiger partial charge is 0.382 e. The zero-order valence-electron chi connectivity index (χ0n) is 12.3. The predicted molar refractivity (Wildman–Crippen MR) is 91.0 cm³/mol. The number of hydrogen-bond acceptors (Lipinski definition) is 7. The molecule has 1 aromatic carbocycles. The van der Waals surface area contributed by atoms with E-state index in [2.05, 4.69) is 44.1 Å². The molecule has 0 saturated heterocycles. The SMILES string of the molecule is CN(C)c1ccc(Sc2ccc3nc(N)nc(N)c3n2)cc1. The van der Waals surface area contributed by atoms with Gasteiger partial charge in [-0.15, -0.1) is 0 Å². The fourth-order valence-electron chi connectivity index (χ4n) is 2.03. The minimum Gasteiger partial charge on any atom is -0.382 e. The minimum atomic E-state index is 0.159. The fourth-order valence-corrected chi connectivity index (χ4v) is 2.81. The minimum absolute atomic E-state index is 0.159. The van der Waals surface area contributed by atoms with E-state index in [0.717, 1.165) is 15.6 Å². The Morgan fingerprint density at radius 1 is 0.909 bits per heavy atom. The maximum absolute atomic E-state index is 5.86. The number of anilines is 3. The Morgan fingerprint density at radius 2 is 1.64 bits per heavy atom. The van der Waals surface area contributed by atoms with Crippen LogP contribution in [0.15, 0.2) is 46.3 Å². The van der Waals surface area contributed by atoms with E-state index >= 15 is 0 Å². The van der Waals surface area contributed by atoms with Crippen molar-refractivity contribution in [1.29, 1.82) is 0 Å². The highest BCUT2D eigenvalue weighted by Crippen LogP contribution is 2.29. The average Bonchev–Trinajstić information content (AvgIpc) is 2.48. The zero-order valence-corrected chi connectivity index (χ0v) is 13.1. The zero-order chi connectivity index (χ0) is 15.7. The summed E-state index contributed by atoms with van der Waals surface area (Å²) in [5.74, 6) is 0.458. The normalized spacial score (nSPS) is 10.8. The van der Waals surface area contributed by atoms with Crippen LogP contribution in [-0.2, 0) is 0 Å². The van der Waals surface area contributed by atoms with Crippen molar-refractivity contribution in [2.24, 2.45) is 0 Å². The Hall–Kier alpha value is -2.54. The molecule has 0 bridgehead atoms. The molecule has 0 aliphatic rings. The predicted octanol–water partition coefficient (Wildman–Crippen LogP) is 2.41. The number of nitrogens with two attached hydrogens (primary N) is 2. The van der Waals surface area contributed by atoms with E-state index in [1.807, 2.05) is 26.2 Å². The van der Waals surface area contributed by atoms with E-state index in [1.165, 1.54) is 0 Å². The van der Waals surface area contributed by atoms with Gasteiger partial charge in [0.2, 0.25) is 5.95 Å². The van der Waals surface area contributed by atoms with Crippen LogP contribution in [0.25, 0.3) is 11.0 Å². The van der Waals surface area contributed by atoms with Crippen LogP contribution in [0.1, 0.15) is 0 Å². The molecule has 0 fully saturated rings. The monoisotopic (exact) mass is 312 g/mol. The Morgan fingerprint density at radius 3 is 2.32 bits per heavy atom. The Kier molecular flexibility index (Phi) is 3.72. The first-order valence-corrected chi connectivity index (χ1v) is 7.49.